The van der Waals surface area contributed by atoms with Crippen LogP contribution in [0.5, 0.6) is 5.75 Å². The van der Waals surface area contributed by atoms with Gasteiger partial charge >= 0.3 is 0 Å². The van der Waals surface area contributed by atoms with Gasteiger partial charge in [0.05, 0.1) is 11.6 Å². The molecule has 2 aliphatic heterocycles. The van der Waals surface area contributed by atoms with Crippen molar-refractivity contribution in [1.82, 2.24) is 14.8 Å². The van der Waals surface area contributed by atoms with Gasteiger partial charge in [-0.15, -0.1) is 0 Å². The molecule has 1 atom stereocenters. The Morgan fingerprint density at radius 2 is 1.82 bits per heavy atom. The monoisotopic (exact) mass is 445 g/mol. The maximum absolute atomic E-state index is 6.16. The fourth-order valence-electron chi connectivity index (χ4n) is 4.61. The van der Waals surface area contributed by atoms with E-state index in [1.807, 2.05) is 31.2 Å². The van der Waals surface area contributed by atoms with Gasteiger partial charge in [0.15, 0.2) is 5.76 Å². The van der Waals surface area contributed by atoms with Gasteiger partial charge in [0.1, 0.15) is 18.6 Å². The summed E-state index contributed by atoms with van der Waals surface area (Å²) in [6, 6.07) is 21.0. The van der Waals surface area contributed by atoms with E-state index in [2.05, 4.69) is 51.2 Å². The fourth-order valence-corrected chi connectivity index (χ4v) is 4.61. The molecule has 0 saturated carbocycles. The Morgan fingerprint density at radius 3 is 2.61 bits per heavy atom. The highest BCUT2D eigenvalue weighted by Crippen LogP contribution is 2.25. The molecule has 0 amide bonds. The summed E-state index contributed by atoms with van der Waals surface area (Å²) >= 11 is 0. The molecule has 1 unspecified atom stereocenters. The van der Waals surface area contributed by atoms with E-state index >= 15 is 0 Å². The van der Waals surface area contributed by atoms with Crippen LogP contribution >= 0.6 is 0 Å². The third-order valence-electron chi connectivity index (χ3n) is 6.44. The molecule has 33 heavy (non-hydrogen) atoms. The van der Waals surface area contributed by atoms with Crippen LogP contribution in [-0.4, -0.2) is 66.9 Å². The van der Waals surface area contributed by atoms with Crippen LogP contribution in [0.25, 0.3) is 10.9 Å². The first-order chi connectivity index (χ1) is 16.3. The van der Waals surface area contributed by atoms with E-state index in [9.17, 15) is 0 Å². The number of piperazine rings is 1. The van der Waals surface area contributed by atoms with Crippen molar-refractivity contribution in [3.05, 3.63) is 83.9 Å². The Balaban J connectivity index is 1.15. The van der Waals surface area contributed by atoms with E-state index < -0.39 is 0 Å². The van der Waals surface area contributed by atoms with Gasteiger partial charge < -0.3 is 14.2 Å². The number of ether oxygens (including phenoxy) is 3. The predicted molar refractivity (Wildman–Crippen MR) is 129 cm³/mol. The third-order valence-corrected chi connectivity index (χ3v) is 6.44. The number of nitrogens with zero attached hydrogens (tertiary/aromatic N) is 3. The maximum Gasteiger partial charge on any atom is 0.229 e. The van der Waals surface area contributed by atoms with Crippen molar-refractivity contribution in [2.75, 3.05) is 46.1 Å². The number of hydrogen-bond donors (Lipinski definition) is 0. The van der Waals surface area contributed by atoms with Crippen LogP contribution < -0.4 is 4.74 Å². The SMILES string of the molecule is Cc1ccc2c(OCCN3CCN(C(Cc4ccccc4)C4=COCO4)CC3)cccc2n1. The van der Waals surface area contributed by atoms with Gasteiger partial charge in [-0.05, 0) is 43.2 Å². The zero-order valence-corrected chi connectivity index (χ0v) is 19.2. The molecule has 0 N–H and O–H groups in total. The Labute approximate surface area is 195 Å². The van der Waals surface area contributed by atoms with Crippen LogP contribution in [0.2, 0.25) is 0 Å². The van der Waals surface area contributed by atoms with E-state index in [4.69, 9.17) is 14.2 Å². The summed E-state index contributed by atoms with van der Waals surface area (Å²) in [5, 5.41) is 1.07. The molecule has 2 aliphatic rings. The average Bonchev–Trinajstić information content (AvgIpc) is 3.38. The normalized spacial score (nSPS) is 17.9. The van der Waals surface area contributed by atoms with Gasteiger partial charge in [-0.1, -0.05) is 36.4 Å². The quantitative estimate of drug-likeness (QED) is 0.522. The second-order valence-corrected chi connectivity index (χ2v) is 8.66. The summed E-state index contributed by atoms with van der Waals surface area (Å²) in [6.07, 6.45) is 2.71. The largest absolute Gasteiger partial charge is 0.492 e. The molecule has 0 spiro atoms. The molecule has 3 aromatic rings. The predicted octanol–water partition coefficient (Wildman–Crippen LogP) is 4.00. The third kappa shape index (κ3) is 5.29. The molecule has 0 bridgehead atoms. The van der Waals surface area contributed by atoms with Crippen LogP contribution in [0.3, 0.4) is 0 Å². The van der Waals surface area contributed by atoms with E-state index in [0.29, 0.717) is 13.4 Å². The lowest BCUT2D eigenvalue weighted by molar-refractivity contribution is 0.0434. The number of benzene rings is 2. The molecule has 1 fully saturated rings. The van der Waals surface area contributed by atoms with Crippen molar-refractivity contribution in [2.24, 2.45) is 0 Å². The second kappa shape index (κ2) is 10.2. The van der Waals surface area contributed by atoms with Crippen LogP contribution in [0.1, 0.15) is 11.3 Å². The number of aromatic nitrogens is 1. The molecule has 5 rings (SSSR count). The van der Waals surface area contributed by atoms with Crippen molar-refractivity contribution in [3.63, 3.8) is 0 Å². The lowest BCUT2D eigenvalue weighted by atomic mass is 10.0. The zero-order valence-electron chi connectivity index (χ0n) is 19.2. The summed E-state index contributed by atoms with van der Waals surface area (Å²) in [6.45, 7) is 7.93. The summed E-state index contributed by atoms with van der Waals surface area (Å²) in [5.41, 5.74) is 3.32. The van der Waals surface area contributed by atoms with Crippen molar-refractivity contribution < 1.29 is 14.2 Å². The molecule has 6 heteroatoms. The van der Waals surface area contributed by atoms with Crippen LogP contribution in [-0.2, 0) is 15.9 Å². The van der Waals surface area contributed by atoms with Crippen molar-refractivity contribution >= 4 is 10.9 Å². The fraction of sp³-hybridized carbons (Fsp3) is 0.370. The minimum absolute atomic E-state index is 0.208. The first-order valence-corrected chi connectivity index (χ1v) is 11.7. The minimum atomic E-state index is 0.208. The lowest BCUT2D eigenvalue weighted by Gasteiger charge is -2.39. The molecule has 0 radical (unpaired) electrons. The first-order valence-electron chi connectivity index (χ1n) is 11.7. The molecule has 172 valence electrons. The highest BCUT2D eigenvalue weighted by Gasteiger charge is 2.29. The van der Waals surface area contributed by atoms with Gasteiger partial charge in [0.25, 0.3) is 0 Å². The van der Waals surface area contributed by atoms with Crippen LogP contribution in [0.4, 0.5) is 0 Å². The maximum atomic E-state index is 6.16. The lowest BCUT2D eigenvalue weighted by Crippen LogP contribution is -2.52. The number of pyridine rings is 1. The Bertz CT molecular complexity index is 1090. The Hall–Kier alpha value is -3.09. The minimum Gasteiger partial charge on any atom is -0.492 e. The van der Waals surface area contributed by atoms with Crippen LogP contribution in [0.15, 0.2) is 72.7 Å². The first kappa shape index (κ1) is 21.7. The molecular formula is C27H31N3O3. The molecular weight excluding hydrogens is 414 g/mol. The van der Waals surface area contributed by atoms with Crippen LogP contribution in [0, 0.1) is 6.92 Å². The molecule has 1 saturated heterocycles. The highest BCUT2D eigenvalue weighted by molar-refractivity contribution is 5.85. The topological polar surface area (TPSA) is 47.1 Å². The van der Waals surface area contributed by atoms with Gasteiger partial charge in [-0.25, -0.2) is 0 Å². The van der Waals surface area contributed by atoms with Gasteiger partial charge in [0, 0.05) is 43.8 Å². The Kier molecular flexibility index (Phi) is 6.74. The standard InChI is InChI=1S/C27H31N3O3/c1-21-10-11-23-24(28-21)8-5-9-26(23)32-17-16-29-12-14-30(15-13-29)25(27-19-31-20-33-27)18-22-6-3-2-4-7-22/h2-11,19,25H,12-18,20H2,1H3. The van der Waals surface area contributed by atoms with E-state index in [1.165, 1.54) is 5.56 Å². The molecule has 1 aromatic heterocycles. The van der Waals surface area contributed by atoms with E-state index in [0.717, 1.165) is 67.3 Å². The van der Waals surface area contributed by atoms with Gasteiger partial charge in [-0.3, -0.25) is 14.8 Å². The molecule has 0 aliphatic carbocycles. The number of fused-ring (bicyclic) bond motifs is 1. The second-order valence-electron chi connectivity index (χ2n) is 8.66. The van der Waals surface area contributed by atoms with Crippen molar-refractivity contribution in [2.45, 2.75) is 19.4 Å². The van der Waals surface area contributed by atoms with Gasteiger partial charge in [0.2, 0.25) is 6.79 Å². The van der Waals surface area contributed by atoms with E-state index in [-0.39, 0.29) is 6.04 Å². The number of rotatable bonds is 8. The summed E-state index contributed by atoms with van der Waals surface area (Å²) < 4.78 is 17.3. The molecule has 2 aromatic carbocycles. The Morgan fingerprint density at radius 1 is 0.970 bits per heavy atom. The number of hydrogen-bond acceptors (Lipinski definition) is 6. The van der Waals surface area contributed by atoms with Crippen molar-refractivity contribution in [1.29, 1.82) is 0 Å². The van der Waals surface area contributed by atoms with Gasteiger partial charge in [-0.2, -0.15) is 0 Å². The molecule has 6 nitrogen and oxygen atoms in total. The smallest absolute Gasteiger partial charge is 0.229 e. The zero-order chi connectivity index (χ0) is 22.5. The molecule has 3 heterocycles. The highest BCUT2D eigenvalue weighted by atomic mass is 16.7. The van der Waals surface area contributed by atoms with E-state index in [1.54, 1.807) is 6.26 Å². The average molecular weight is 446 g/mol. The number of aryl methyl sites for hydroxylation is 1. The summed E-state index contributed by atoms with van der Waals surface area (Å²) in [7, 11) is 0. The van der Waals surface area contributed by atoms with Crippen molar-refractivity contribution in [3.8, 4) is 5.75 Å². The summed E-state index contributed by atoms with van der Waals surface area (Å²) in [5.74, 6) is 1.85. The summed E-state index contributed by atoms with van der Waals surface area (Å²) in [4.78, 5) is 9.60.